The fraction of sp³-hybridized carbons (Fsp3) is 0.733. The molecule has 0 aliphatic carbocycles. The van der Waals surface area contributed by atoms with Crippen LogP contribution in [0.5, 0.6) is 0 Å². The molecule has 2 rings (SSSR count). The van der Waals surface area contributed by atoms with Gasteiger partial charge in [0.2, 0.25) is 5.91 Å². The van der Waals surface area contributed by atoms with Crippen LogP contribution in [0.4, 0.5) is 5.82 Å². The van der Waals surface area contributed by atoms with Gasteiger partial charge in [-0.1, -0.05) is 20.8 Å². The van der Waals surface area contributed by atoms with Gasteiger partial charge in [-0.15, -0.1) is 12.4 Å². The van der Waals surface area contributed by atoms with Crippen LogP contribution in [0, 0.1) is 11.3 Å². The van der Waals surface area contributed by atoms with E-state index in [9.17, 15) is 4.79 Å². The standard InChI is InChI=1S/C15H26N4O.ClH/c1-15(2,3)9-12-8-13(19-18-12)17-14(20)5-4-11-6-7-16-10-11;/h8,11,16H,4-7,9-10H2,1-3H3,(H2,17,18,19,20);1H. The molecule has 0 saturated carbocycles. The summed E-state index contributed by atoms with van der Waals surface area (Å²) in [5.74, 6) is 1.35. The average molecular weight is 315 g/mol. The van der Waals surface area contributed by atoms with Crippen molar-refractivity contribution in [2.75, 3.05) is 18.4 Å². The number of anilines is 1. The number of carbonyl (C=O) groups is 1. The maximum Gasteiger partial charge on any atom is 0.225 e. The molecule has 1 saturated heterocycles. The minimum absolute atomic E-state index is 0. The van der Waals surface area contributed by atoms with Crippen molar-refractivity contribution in [3.05, 3.63) is 11.8 Å². The molecule has 1 amide bonds. The SMILES string of the molecule is CC(C)(C)Cc1cc(NC(=O)CCC2CCNC2)n[nH]1.Cl. The molecule has 5 nitrogen and oxygen atoms in total. The molecule has 3 N–H and O–H groups in total. The number of hydrogen-bond acceptors (Lipinski definition) is 3. The lowest BCUT2D eigenvalue weighted by molar-refractivity contribution is -0.116. The highest BCUT2D eigenvalue weighted by Gasteiger charge is 2.17. The van der Waals surface area contributed by atoms with Crippen LogP contribution in [-0.2, 0) is 11.2 Å². The third-order valence-electron chi connectivity index (χ3n) is 3.56. The summed E-state index contributed by atoms with van der Waals surface area (Å²) >= 11 is 0. The third-order valence-corrected chi connectivity index (χ3v) is 3.56. The maximum absolute atomic E-state index is 11.9. The molecule has 0 aromatic carbocycles. The van der Waals surface area contributed by atoms with E-state index >= 15 is 0 Å². The Balaban J connectivity index is 0.00000220. The van der Waals surface area contributed by atoms with Crippen molar-refractivity contribution in [1.82, 2.24) is 15.5 Å². The highest BCUT2D eigenvalue weighted by molar-refractivity contribution is 5.89. The van der Waals surface area contributed by atoms with Gasteiger partial charge in [-0.25, -0.2) is 0 Å². The number of aromatic amines is 1. The van der Waals surface area contributed by atoms with Crippen molar-refractivity contribution in [3.8, 4) is 0 Å². The van der Waals surface area contributed by atoms with Crippen molar-refractivity contribution in [3.63, 3.8) is 0 Å². The van der Waals surface area contributed by atoms with Gasteiger partial charge in [-0.2, -0.15) is 5.10 Å². The molecule has 2 heterocycles. The fourth-order valence-corrected chi connectivity index (χ4v) is 2.59. The zero-order chi connectivity index (χ0) is 14.6. The van der Waals surface area contributed by atoms with Crippen LogP contribution in [0.3, 0.4) is 0 Å². The van der Waals surface area contributed by atoms with Gasteiger partial charge in [0.05, 0.1) is 0 Å². The Hall–Kier alpha value is -1.07. The van der Waals surface area contributed by atoms with E-state index in [4.69, 9.17) is 0 Å². The van der Waals surface area contributed by atoms with Gasteiger partial charge in [0.1, 0.15) is 0 Å². The lowest BCUT2D eigenvalue weighted by Crippen LogP contribution is -2.15. The molecular weight excluding hydrogens is 288 g/mol. The highest BCUT2D eigenvalue weighted by Crippen LogP contribution is 2.21. The molecule has 0 spiro atoms. The summed E-state index contributed by atoms with van der Waals surface area (Å²) in [6.07, 6.45) is 3.64. The number of halogens is 1. The molecule has 1 aliphatic rings. The molecule has 1 aromatic heterocycles. The van der Waals surface area contributed by atoms with E-state index in [1.54, 1.807) is 0 Å². The van der Waals surface area contributed by atoms with Gasteiger partial charge in [-0.3, -0.25) is 9.89 Å². The van der Waals surface area contributed by atoms with E-state index in [1.165, 1.54) is 6.42 Å². The zero-order valence-electron chi connectivity index (χ0n) is 13.2. The number of aromatic nitrogens is 2. The maximum atomic E-state index is 11.9. The molecule has 1 atom stereocenters. The Bertz CT molecular complexity index is 447. The molecule has 1 aromatic rings. The summed E-state index contributed by atoms with van der Waals surface area (Å²) in [7, 11) is 0. The van der Waals surface area contributed by atoms with E-state index in [0.29, 0.717) is 18.2 Å². The summed E-state index contributed by atoms with van der Waals surface area (Å²) in [6.45, 7) is 8.68. The van der Waals surface area contributed by atoms with Crippen molar-refractivity contribution in [2.45, 2.75) is 46.5 Å². The number of H-pyrrole nitrogens is 1. The minimum atomic E-state index is 0. The number of carbonyl (C=O) groups excluding carboxylic acids is 1. The first-order valence-electron chi connectivity index (χ1n) is 7.47. The van der Waals surface area contributed by atoms with Crippen molar-refractivity contribution in [1.29, 1.82) is 0 Å². The van der Waals surface area contributed by atoms with E-state index in [2.05, 4.69) is 41.6 Å². The lowest BCUT2D eigenvalue weighted by Gasteiger charge is -2.15. The number of nitrogens with one attached hydrogen (secondary N) is 3. The van der Waals surface area contributed by atoms with Crippen LogP contribution in [-0.4, -0.2) is 29.2 Å². The predicted octanol–water partition coefficient (Wildman–Crippen LogP) is 2.75. The first-order valence-corrected chi connectivity index (χ1v) is 7.47. The quantitative estimate of drug-likeness (QED) is 0.782. The Morgan fingerprint density at radius 3 is 2.86 bits per heavy atom. The lowest BCUT2D eigenvalue weighted by atomic mass is 9.91. The van der Waals surface area contributed by atoms with Crippen LogP contribution >= 0.6 is 12.4 Å². The van der Waals surface area contributed by atoms with Crippen LogP contribution in [0.2, 0.25) is 0 Å². The molecule has 0 radical (unpaired) electrons. The van der Waals surface area contributed by atoms with Gasteiger partial charge >= 0.3 is 0 Å². The molecule has 1 fully saturated rings. The second-order valence-electron chi connectivity index (χ2n) is 6.96. The van der Waals surface area contributed by atoms with E-state index in [1.807, 2.05) is 6.07 Å². The van der Waals surface area contributed by atoms with Crippen LogP contribution < -0.4 is 10.6 Å². The van der Waals surface area contributed by atoms with Crippen molar-refractivity contribution < 1.29 is 4.79 Å². The summed E-state index contributed by atoms with van der Waals surface area (Å²) in [6, 6.07) is 1.93. The Labute approximate surface area is 133 Å². The monoisotopic (exact) mass is 314 g/mol. The molecule has 120 valence electrons. The molecule has 0 bridgehead atoms. The molecule has 1 aliphatic heterocycles. The minimum Gasteiger partial charge on any atom is -0.316 e. The van der Waals surface area contributed by atoms with Gasteiger partial charge < -0.3 is 10.6 Å². The van der Waals surface area contributed by atoms with Gasteiger partial charge in [0.25, 0.3) is 0 Å². The van der Waals surface area contributed by atoms with Crippen molar-refractivity contribution in [2.24, 2.45) is 11.3 Å². The van der Waals surface area contributed by atoms with Crippen LogP contribution in [0.1, 0.15) is 45.7 Å². The smallest absolute Gasteiger partial charge is 0.225 e. The molecular formula is C15H27ClN4O. The second kappa shape index (κ2) is 7.80. The second-order valence-corrected chi connectivity index (χ2v) is 6.96. The summed E-state index contributed by atoms with van der Waals surface area (Å²) in [5, 5.41) is 13.3. The Morgan fingerprint density at radius 2 is 2.24 bits per heavy atom. The van der Waals surface area contributed by atoms with Gasteiger partial charge in [0.15, 0.2) is 5.82 Å². The van der Waals surface area contributed by atoms with Gasteiger partial charge in [0, 0.05) is 18.2 Å². The first-order chi connectivity index (χ1) is 9.42. The highest BCUT2D eigenvalue weighted by atomic mass is 35.5. The Morgan fingerprint density at radius 1 is 1.48 bits per heavy atom. The number of nitrogens with zero attached hydrogens (tertiary/aromatic N) is 1. The predicted molar refractivity (Wildman–Crippen MR) is 87.8 cm³/mol. The number of amides is 1. The summed E-state index contributed by atoms with van der Waals surface area (Å²) < 4.78 is 0. The topological polar surface area (TPSA) is 69.8 Å². The normalized spacial score (nSPS) is 18.3. The third kappa shape index (κ3) is 6.48. The number of hydrogen-bond donors (Lipinski definition) is 3. The van der Waals surface area contributed by atoms with Crippen LogP contribution in [0.25, 0.3) is 0 Å². The fourth-order valence-electron chi connectivity index (χ4n) is 2.59. The summed E-state index contributed by atoms with van der Waals surface area (Å²) in [4.78, 5) is 11.9. The summed E-state index contributed by atoms with van der Waals surface area (Å²) in [5.41, 5.74) is 1.27. The first kappa shape index (κ1) is 18.0. The Kier molecular flexibility index (Phi) is 6.68. The van der Waals surface area contributed by atoms with E-state index in [0.717, 1.165) is 31.6 Å². The van der Waals surface area contributed by atoms with Crippen molar-refractivity contribution >= 4 is 24.1 Å². The van der Waals surface area contributed by atoms with E-state index < -0.39 is 0 Å². The largest absolute Gasteiger partial charge is 0.316 e. The number of rotatable bonds is 5. The molecule has 1 unspecified atom stereocenters. The van der Waals surface area contributed by atoms with Gasteiger partial charge in [-0.05, 0) is 43.7 Å². The molecule has 21 heavy (non-hydrogen) atoms. The zero-order valence-corrected chi connectivity index (χ0v) is 14.0. The average Bonchev–Trinajstić information content (AvgIpc) is 2.96. The van der Waals surface area contributed by atoms with E-state index in [-0.39, 0.29) is 23.7 Å². The molecule has 6 heteroatoms. The van der Waals surface area contributed by atoms with Crippen LogP contribution in [0.15, 0.2) is 6.07 Å².